The van der Waals surface area contributed by atoms with Gasteiger partial charge >= 0.3 is 6.09 Å². The van der Waals surface area contributed by atoms with E-state index >= 15 is 4.39 Å². The molecule has 4 heterocycles. The van der Waals surface area contributed by atoms with Gasteiger partial charge in [0.2, 0.25) is 27.7 Å². The van der Waals surface area contributed by atoms with Crippen LogP contribution in [0.4, 0.5) is 9.18 Å². The zero-order chi connectivity index (χ0) is 42.5. The monoisotopic (exact) mass is 855 g/mol. The van der Waals surface area contributed by atoms with Crippen LogP contribution >= 0.6 is 0 Å². The van der Waals surface area contributed by atoms with Crippen molar-refractivity contribution in [3.05, 3.63) is 72.1 Å². The van der Waals surface area contributed by atoms with Gasteiger partial charge < -0.3 is 25.0 Å². The summed E-state index contributed by atoms with van der Waals surface area (Å²) in [6, 6.07) is 11.8. The number of halogens is 1. The number of nitrogens with zero attached hydrogens (tertiary/aromatic N) is 4. The summed E-state index contributed by atoms with van der Waals surface area (Å²) in [6.45, 7) is 1.57. The van der Waals surface area contributed by atoms with Crippen molar-refractivity contribution in [1.82, 2.24) is 34.9 Å². The van der Waals surface area contributed by atoms with E-state index in [2.05, 4.69) is 15.4 Å². The molecule has 4 amide bonds. The van der Waals surface area contributed by atoms with Gasteiger partial charge in [-0.2, -0.15) is 9.61 Å². The Morgan fingerprint density at radius 3 is 2.56 bits per heavy atom. The molecule has 2 aromatic carbocycles. The quantitative estimate of drug-likeness (QED) is 0.194. The summed E-state index contributed by atoms with van der Waals surface area (Å²) >= 11 is 0. The Hall–Kier alpha value is -5.58. The fourth-order valence-electron chi connectivity index (χ4n) is 9.02. The summed E-state index contributed by atoms with van der Waals surface area (Å²) in [5.41, 5.74) is 0.468. The van der Waals surface area contributed by atoms with Gasteiger partial charge in [0.1, 0.15) is 35.6 Å². The number of hydrogen-bond acceptors (Lipinski definition) is 10. The maximum atomic E-state index is 15.6. The second kappa shape index (κ2) is 16.4. The molecule has 4 fully saturated rings. The largest absolute Gasteiger partial charge is 0.472 e. The van der Waals surface area contributed by atoms with Crippen molar-refractivity contribution in [3.63, 3.8) is 0 Å². The maximum Gasteiger partial charge on any atom is 0.408 e. The Kier molecular flexibility index (Phi) is 10.9. The fourth-order valence-corrected chi connectivity index (χ4v) is 10.4. The molecule has 4 aromatic rings. The molecule has 5 atom stereocenters. The van der Waals surface area contributed by atoms with E-state index in [9.17, 15) is 27.6 Å². The summed E-state index contributed by atoms with van der Waals surface area (Å²) in [6.07, 6.45) is 9.58. The lowest BCUT2D eigenvalue weighted by Gasteiger charge is -2.30. The molecule has 3 aliphatic carbocycles. The van der Waals surface area contributed by atoms with Gasteiger partial charge in [0.25, 0.3) is 5.91 Å². The van der Waals surface area contributed by atoms with E-state index in [1.807, 2.05) is 36.4 Å². The number of allylic oxidation sites excluding steroid dienone is 1. The lowest BCUT2D eigenvalue weighted by atomic mass is 10.0. The molecule has 0 radical (unpaired) electrons. The van der Waals surface area contributed by atoms with Crippen molar-refractivity contribution in [2.45, 2.75) is 125 Å². The van der Waals surface area contributed by atoms with Crippen LogP contribution in [0.3, 0.4) is 0 Å². The third-order valence-corrected chi connectivity index (χ3v) is 14.5. The van der Waals surface area contributed by atoms with Gasteiger partial charge in [0.15, 0.2) is 5.65 Å². The fraction of sp³-hybridized carbons (Fsp3) is 0.500. The number of benzene rings is 2. The van der Waals surface area contributed by atoms with E-state index in [-0.39, 0.29) is 36.9 Å². The Balaban J connectivity index is 1.06. The number of hydrogen-bond donors (Lipinski definition) is 3. The number of alkyl carbamates (subject to hydrolysis) is 1. The Bertz CT molecular complexity index is 2540. The number of rotatable bonds is 8. The zero-order valence-electron chi connectivity index (χ0n) is 34.0. The SMILES string of the molecule is Cc1cccc(-c2cc(O[C@@H]3C[C@H]4C(=O)N[C@]5(C(=O)NS(=O)(=O)C6CC6)C[C@@H]5/C=C\CCCCC[C@H](NC(=O)OC5CCCC5)C(=O)N4C3)n3nc4ccccc4c3n2)c1F. The normalized spacial score (nSPS) is 26.8. The highest BCUT2D eigenvalue weighted by Gasteiger charge is 2.62. The Labute approximate surface area is 352 Å². The molecule has 0 unspecified atom stereocenters. The minimum absolute atomic E-state index is 0.0336. The molecular formula is C44H50FN7O8S. The molecule has 322 valence electrons. The molecule has 2 aliphatic heterocycles. The number of aryl methyl sites for hydroxylation is 1. The van der Waals surface area contributed by atoms with Gasteiger partial charge in [0.05, 0.1) is 23.0 Å². The standard InChI is InChI=1S/C44H50FN7O8S/c1-26-12-11-17-31(38(26)45)35-23-37(52-39(46-35)32-16-9-10-18-33(32)49-52)59-29-22-36-40(53)48-44(42(55)50-61(57,58)30-20-21-30)24-27(44)13-5-3-2-4-6-19-34(41(54)51(36)25-29)47-43(56)60-28-14-7-8-15-28/h5,9-13,16-18,23,27-30,34,36H,2-4,6-8,14-15,19-22,24-25H2,1H3,(H,47,56)(H,48,53)(H,50,55)/b13-5-/t27-,29+,34-,36-,44+/m0/s1. The molecule has 0 spiro atoms. The summed E-state index contributed by atoms with van der Waals surface area (Å²) in [4.78, 5) is 62.7. The van der Waals surface area contributed by atoms with Crippen LogP contribution in [0.25, 0.3) is 27.8 Å². The van der Waals surface area contributed by atoms with Crippen LogP contribution in [-0.2, 0) is 29.1 Å². The number of nitrogens with one attached hydrogen (secondary N) is 3. The van der Waals surface area contributed by atoms with Crippen LogP contribution in [-0.4, -0.2) is 93.4 Å². The molecule has 9 rings (SSSR count). The van der Waals surface area contributed by atoms with E-state index in [1.54, 1.807) is 31.2 Å². The van der Waals surface area contributed by atoms with Crippen molar-refractivity contribution < 1.29 is 41.5 Å². The third kappa shape index (κ3) is 8.28. The minimum atomic E-state index is -3.93. The van der Waals surface area contributed by atoms with E-state index in [0.717, 1.165) is 38.5 Å². The number of amides is 4. The van der Waals surface area contributed by atoms with Crippen molar-refractivity contribution in [3.8, 4) is 17.1 Å². The van der Waals surface area contributed by atoms with Crippen molar-refractivity contribution in [1.29, 1.82) is 0 Å². The Morgan fingerprint density at radius 2 is 1.75 bits per heavy atom. The molecule has 17 heteroatoms. The molecular weight excluding hydrogens is 806 g/mol. The van der Waals surface area contributed by atoms with Gasteiger partial charge in [0, 0.05) is 29.4 Å². The van der Waals surface area contributed by atoms with E-state index in [1.165, 1.54) is 9.42 Å². The number of ether oxygens (including phenoxy) is 2. The maximum absolute atomic E-state index is 15.6. The first-order valence-electron chi connectivity index (χ1n) is 21.4. The average molecular weight is 856 g/mol. The number of aromatic nitrogens is 3. The predicted octanol–water partition coefficient (Wildman–Crippen LogP) is 5.39. The highest BCUT2D eigenvalue weighted by Crippen LogP contribution is 2.46. The first-order chi connectivity index (χ1) is 29.4. The van der Waals surface area contributed by atoms with Crippen molar-refractivity contribution >= 4 is 50.4 Å². The summed E-state index contributed by atoms with van der Waals surface area (Å²) in [5, 5.41) is 10.5. The highest BCUT2D eigenvalue weighted by molar-refractivity contribution is 7.91. The highest BCUT2D eigenvalue weighted by atomic mass is 32.2. The van der Waals surface area contributed by atoms with Crippen LogP contribution < -0.4 is 20.1 Å². The molecule has 15 nitrogen and oxygen atoms in total. The number of carbonyl (C=O) groups excluding carboxylic acids is 4. The lowest BCUT2D eigenvalue weighted by Crippen LogP contribution is -2.58. The van der Waals surface area contributed by atoms with Gasteiger partial charge in [-0.1, -0.05) is 49.3 Å². The van der Waals surface area contributed by atoms with Crippen LogP contribution in [0, 0.1) is 18.7 Å². The second-order valence-electron chi connectivity index (χ2n) is 17.2. The van der Waals surface area contributed by atoms with E-state index in [4.69, 9.17) is 19.6 Å². The van der Waals surface area contributed by atoms with Gasteiger partial charge in [-0.05, 0) is 94.9 Å². The molecule has 3 saturated carbocycles. The zero-order valence-corrected chi connectivity index (χ0v) is 34.8. The van der Waals surface area contributed by atoms with Crippen molar-refractivity contribution in [2.24, 2.45) is 5.92 Å². The van der Waals surface area contributed by atoms with Crippen molar-refractivity contribution in [2.75, 3.05) is 6.54 Å². The number of sulfonamides is 1. The van der Waals surface area contributed by atoms with Crippen LogP contribution in [0.2, 0.25) is 0 Å². The number of fused-ring (bicyclic) bond motifs is 5. The summed E-state index contributed by atoms with van der Waals surface area (Å²) in [7, 11) is -3.93. The smallest absolute Gasteiger partial charge is 0.408 e. The van der Waals surface area contributed by atoms with Gasteiger partial charge in [-0.25, -0.2) is 22.6 Å². The first kappa shape index (κ1) is 40.8. The minimum Gasteiger partial charge on any atom is -0.472 e. The van der Waals surface area contributed by atoms with E-state index in [0.29, 0.717) is 59.9 Å². The topological polar surface area (TPSA) is 190 Å². The number of carbonyl (C=O) groups is 4. The Morgan fingerprint density at radius 1 is 0.967 bits per heavy atom. The molecule has 0 bridgehead atoms. The third-order valence-electron chi connectivity index (χ3n) is 12.7. The predicted molar refractivity (Wildman–Crippen MR) is 222 cm³/mol. The van der Waals surface area contributed by atoms with Crippen LogP contribution in [0.5, 0.6) is 5.88 Å². The molecule has 2 aromatic heterocycles. The molecule has 1 saturated heterocycles. The lowest BCUT2D eigenvalue weighted by molar-refractivity contribution is -0.141. The molecule has 3 N–H and O–H groups in total. The molecule has 61 heavy (non-hydrogen) atoms. The summed E-state index contributed by atoms with van der Waals surface area (Å²) < 4.78 is 57.7. The average Bonchev–Trinajstić information content (AvgIpc) is 4.05. The van der Waals surface area contributed by atoms with E-state index < -0.39 is 74.5 Å². The van der Waals surface area contributed by atoms with Gasteiger partial charge in [-0.15, -0.1) is 0 Å². The second-order valence-corrected chi connectivity index (χ2v) is 19.1. The van der Waals surface area contributed by atoms with Gasteiger partial charge in [-0.3, -0.25) is 19.1 Å². The first-order valence-corrected chi connectivity index (χ1v) is 23.0. The van der Waals surface area contributed by atoms with Crippen LogP contribution in [0.15, 0.2) is 60.7 Å². The molecule has 5 aliphatic rings. The summed E-state index contributed by atoms with van der Waals surface area (Å²) in [5.74, 6) is -2.70. The van der Waals surface area contributed by atoms with Crippen LogP contribution in [0.1, 0.15) is 89.0 Å².